The first-order valence-electron chi connectivity index (χ1n) is 5.64. The van der Waals surface area contributed by atoms with Gasteiger partial charge in [0.05, 0.1) is 24.1 Å². The maximum atomic E-state index is 4.13. The molecule has 0 saturated heterocycles. The van der Waals surface area contributed by atoms with E-state index in [0.717, 1.165) is 23.6 Å². The molecule has 17 heavy (non-hydrogen) atoms. The number of rotatable bonds is 3. The van der Waals surface area contributed by atoms with Gasteiger partial charge in [-0.25, -0.2) is 0 Å². The zero-order valence-corrected chi connectivity index (χ0v) is 9.59. The molecule has 0 unspecified atom stereocenters. The number of aromatic nitrogens is 3. The van der Waals surface area contributed by atoms with Gasteiger partial charge in [0.1, 0.15) is 5.69 Å². The number of para-hydroxylation sites is 2. The Morgan fingerprint density at radius 2 is 2.18 bits per heavy atom. The Labute approximate surface area is 99.2 Å². The minimum Gasteiger partial charge on any atom is -0.302 e. The van der Waals surface area contributed by atoms with E-state index in [1.807, 2.05) is 41.0 Å². The molecule has 2 heterocycles. The van der Waals surface area contributed by atoms with Crippen molar-refractivity contribution in [2.75, 3.05) is 10.4 Å². The Morgan fingerprint density at radius 3 is 3.00 bits per heavy atom. The van der Waals surface area contributed by atoms with Crippen molar-refractivity contribution in [3.8, 4) is 0 Å². The lowest BCUT2D eigenvalue weighted by Gasteiger charge is -2.15. The van der Waals surface area contributed by atoms with Crippen molar-refractivity contribution in [1.29, 1.82) is 0 Å². The van der Waals surface area contributed by atoms with Gasteiger partial charge in [-0.15, -0.1) is 10.6 Å². The summed E-state index contributed by atoms with van der Waals surface area (Å²) in [5.74, 6) is 0. The first kappa shape index (κ1) is 10.1. The first-order valence-corrected chi connectivity index (χ1v) is 5.64. The molecule has 6 nitrogen and oxygen atoms in total. The SMILES string of the molecule is CCn1cc(CN2NNc3ccccc32)nn1. The van der Waals surface area contributed by atoms with Crippen molar-refractivity contribution in [3.05, 3.63) is 36.2 Å². The Morgan fingerprint density at radius 1 is 1.29 bits per heavy atom. The number of aryl methyl sites for hydroxylation is 1. The highest BCUT2D eigenvalue weighted by Gasteiger charge is 2.18. The van der Waals surface area contributed by atoms with Gasteiger partial charge in [0.2, 0.25) is 0 Å². The smallest absolute Gasteiger partial charge is 0.104 e. The molecule has 1 aliphatic heterocycles. The molecule has 3 rings (SSSR count). The molecule has 0 saturated carbocycles. The summed E-state index contributed by atoms with van der Waals surface area (Å²) >= 11 is 0. The van der Waals surface area contributed by atoms with Crippen LogP contribution in [0.25, 0.3) is 0 Å². The zero-order valence-electron chi connectivity index (χ0n) is 9.59. The fraction of sp³-hybridized carbons (Fsp3) is 0.273. The minimum atomic E-state index is 0.685. The lowest BCUT2D eigenvalue weighted by atomic mass is 10.2. The van der Waals surface area contributed by atoms with Crippen LogP contribution in [0.5, 0.6) is 0 Å². The van der Waals surface area contributed by atoms with E-state index in [1.54, 1.807) is 0 Å². The van der Waals surface area contributed by atoms with Crippen molar-refractivity contribution in [2.24, 2.45) is 0 Å². The van der Waals surface area contributed by atoms with Crippen LogP contribution in [0.1, 0.15) is 12.6 Å². The van der Waals surface area contributed by atoms with Crippen LogP contribution in [0, 0.1) is 0 Å². The topological polar surface area (TPSA) is 58.0 Å². The van der Waals surface area contributed by atoms with E-state index >= 15 is 0 Å². The van der Waals surface area contributed by atoms with Crippen LogP contribution in [0.2, 0.25) is 0 Å². The maximum Gasteiger partial charge on any atom is 0.104 e. The number of hydrazine groups is 2. The highest BCUT2D eigenvalue weighted by atomic mass is 15.7. The van der Waals surface area contributed by atoms with E-state index in [1.165, 1.54) is 0 Å². The predicted molar refractivity (Wildman–Crippen MR) is 65.1 cm³/mol. The summed E-state index contributed by atoms with van der Waals surface area (Å²) in [4.78, 5) is 0. The Kier molecular flexibility index (Phi) is 2.41. The van der Waals surface area contributed by atoms with E-state index in [4.69, 9.17) is 0 Å². The van der Waals surface area contributed by atoms with Crippen molar-refractivity contribution in [2.45, 2.75) is 20.0 Å². The van der Waals surface area contributed by atoms with Crippen LogP contribution in [-0.2, 0) is 13.1 Å². The van der Waals surface area contributed by atoms with Gasteiger partial charge in [-0.1, -0.05) is 17.3 Å². The highest BCUT2D eigenvalue weighted by Crippen LogP contribution is 2.28. The quantitative estimate of drug-likeness (QED) is 0.828. The van der Waals surface area contributed by atoms with Crippen LogP contribution >= 0.6 is 0 Å². The summed E-state index contributed by atoms with van der Waals surface area (Å²) in [6.07, 6.45) is 1.96. The van der Waals surface area contributed by atoms with Gasteiger partial charge in [-0.3, -0.25) is 9.69 Å². The molecule has 0 fully saturated rings. The largest absolute Gasteiger partial charge is 0.302 e. The second-order valence-electron chi connectivity index (χ2n) is 3.91. The Bertz CT molecular complexity index is 520. The molecular weight excluding hydrogens is 216 g/mol. The maximum absolute atomic E-state index is 4.13. The minimum absolute atomic E-state index is 0.685. The van der Waals surface area contributed by atoms with E-state index in [-0.39, 0.29) is 0 Å². The summed E-state index contributed by atoms with van der Waals surface area (Å²) in [7, 11) is 0. The number of fused-ring (bicyclic) bond motifs is 1. The average Bonchev–Trinajstić information content (AvgIpc) is 2.97. The van der Waals surface area contributed by atoms with Gasteiger partial charge in [0.25, 0.3) is 0 Å². The van der Waals surface area contributed by atoms with E-state index < -0.39 is 0 Å². The molecule has 0 aliphatic carbocycles. The number of hydrogen-bond acceptors (Lipinski definition) is 5. The molecule has 2 aromatic rings. The van der Waals surface area contributed by atoms with Crippen LogP contribution in [0.4, 0.5) is 11.4 Å². The van der Waals surface area contributed by atoms with Crippen LogP contribution in [0.3, 0.4) is 0 Å². The molecule has 0 radical (unpaired) electrons. The molecule has 0 spiro atoms. The van der Waals surface area contributed by atoms with Crippen molar-refractivity contribution < 1.29 is 0 Å². The standard InChI is InChI=1S/C11H14N6/c1-2-16-7-9(12-14-16)8-17-11-6-4-3-5-10(11)13-15-17/h3-7,13,15H,2,8H2,1H3. The highest BCUT2D eigenvalue weighted by molar-refractivity contribution is 5.72. The van der Waals surface area contributed by atoms with Crippen molar-refractivity contribution in [1.82, 2.24) is 20.5 Å². The molecule has 88 valence electrons. The molecule has 0 amide bonds. The monoisotopic (exact) mass is 230 g/mol. The van der Waals surface area contributed by atoms with Crippen LogP contribution < -0.4 is 16.0 Å². The van der Waals surface area contributed by atoms with Gasteiger partial charge in [-0.05, 0) is 19.1 Å². The fourth-order valence-corrected chi connectivity index (χ4v) is 1.85. The van der Waals surface area contributed by atoms with Gasteiger partial charge in [-0.2, -0.15) is 0 Å². The van der Waals surface area contributed by atoms with Crippen molar-refractivity contribution >= 4 is 11.4 Å². The van der Waals surface area contributed by atoms with Crippen molar-refractivity contribution in [3.63, 3.8) is 0 Å². The van der Waals surface area contributed by atoms with Crippen LogP contribution in [0.15, 0.2) is 30.5 Å². The second kappa shape index (κ2) is 4.06. The van der Waals surface area contributed by atoms with E-state index in [0.29, 0.717) is 6.54 Å². The third-order valence-corrected chi connectivity index (χ3v) is 2.75. The number of hydrogen-bond donors (Lipinski definition) is 2. The Balaban J connectivity index is 1.79. The first-order chi connectivity index (χ1) is 8.36. The third kappa shape index (κ3) is 1.83. The number of nitrogens with zero attached hydrogens (tertiary/aromatic N) is 4. The second-order valence-corrected chi connectivity index (χ2v) is 3.91. The van der Waals surface area contributed by atoms with Gasteiger partial charge >= 0.3 is 0 Å². The summed E-state index contributed by atoms with van der Waals surface area (Å²) in [5.41, 5.74) is 9.36. The molecule has 1 aromatic heterocycles. The number of anilines is 2. The summed E-state index contributed by atoms with van der Waals surface area (Å²) in [6.45, 7) is 3.57. The molecule has 6 heteroatoms. The summed E-state index contributed by atoms with van der Waals surface area (Å²) < 4.78 is 1.82. The summed E-state index contributed by atoms with van der Waals surface area (Å²) in [6, 6.07) is 8.12. The normalized spacial score (nSPS) is 13.6. The lowest BCUT2D eigenvalue weighted by Crippen LogP contribution is -2.35. The van der Waals surface area contributed by atoms with E-state index in [9.17, 15) is 0 Å². The fourth-order valence-electron chi connectivity index (χ4n) is 1.85. The Hall–Kier alpha value is -2.08. The predicted octanol–water partition coefficient (Wildman–Crippen LogP) is 1.15. The molecule has 2 N–H and O–H groups in total. The summed E-state index contributed by atoms with van der Waals surface area (Å²) in [5, 5.41) is 10.2. The molecule has 1 aromatic carbocycles. The number of nitrogens with one attached hydrogen (secondary N) is 2. The van der Waals surface area contributed by atoms with Gasteiger partial charge < -0.3 is 5.43 Å². The third-order valence-electron chi connectivity index (χ3n) is 2.75. The van der Waals surface area contributed by atoms with Crippen LogP contribution in [-0.4, -0.2) is 15.0 Å². The molecular formula is C11H14N6. The number of benzene rings is 1. The zero-order chi connectivity index (χ0) is 11.7. The molecule has 1 aliphatic rings. The molecule has 0 bridgehead atoms. The average molecular weight is 230 g/mol. The lowest BCUT2D eigenvalue weighted by molar-refractivity contribution is 0.626. The van der Waals surface area contributed by atoms with Gasteiger partial charge in [0.15, 0.2) is 0 Å². The van der Waals surface area contributed by atoms with E-state index in [2.05, 4.69) is 27.3 Å². The van der Waals surface area contributed by atoms with Gasteiger partial charge in [0, 0.05) is 6.54 Å². The molecule has 0 atom stereocenters.